The summed E-state index contributed by atoms with van der Waals surface area (Å²) in [5.74, 6) is 0.647. The Morgan fingerprint density at radius 3 is 2.33 bits per heavy atom. The fourth-order valence-corrected chi connectivity index (χ4v) is 4.67. The lowest BCUT2D eigenvalue weighted by molar-refractivity contribution is -0.132. The molecule has 1 aliphatic rings. The molecule has 1 saturated heterocycles. The first-order valence-corrected chi connectivity index (χ1v) is 12.0. The first-order valence-electron chi connectivity index (χ1n) is 10.8. The van der Waals surface area contributed by atoms with E-state index in [-0.39, 0.29) is 18.4 Å². The Morgan fingerprint density at radius 2 is 1.73 bits per heavy atom. The van der Waals surface area contributed by atoms with Gasteiger partial charge < -0.3 is 19.9 Å². The molecule has 6 nitrogen and oxygen atoms in total. The van der Waals surface area contributed by atoms with Crippen molar-refractivity contribution in [2.45, 2.75) is 27.2 Å². The van der Waals surface area contributed by atoms with Crippen LogP contribution in [0.4, 0.5) is 11.4 Å². The molecule has 0 unspecified atom stereocenters. The third kappa shape index (κ3) is 6.92. The monoisotopic (exact) mass is 511 g/mol. The van der Waals surface area contributed by atoms with Gasteiger partial charge in [0.1, 0.15) is 5.75 Å². The molecule has 2 aromatic rings. The zero-order valence-corrected chi connectivity index (χ0v) is 21.2. The van der Waals surface area contributed by atoms with Crippen LogP contribution in [0.2, 0.25) is 15.1 Å². The molecule has 0 bridgehead atoms. The molecule has 33 heavy (non-hydrogen) atoms. The van der Waals surface area contributed by atoms with Crippen molar-refractivity contribution in [1.29, 1.82) is 0 Å². The van der Waals surface area contributed by atoms with Crippen LogP contribution in [-0.2, 0) is 9.59 Å². The highest BCUT2D eigenvalue weighted by atomic mass is 35.5. The summed E-state index contributed by atoms with van der Waals surface area (Å²) in [7, 11) is 0. The Kier molecular flexibility index (Phi) is 8.74. The molecule has 1 heterocycles. The maximum atomic E-state index is 12.4. The number of hydrogen-bond acceptors (Lipinski definition) is 4. The zero-order chi connectivity index (χ0) is 24.1. The van der Waals surface area contributed by atoms with Gasteiger partial charge in [0.15, 0.2) is 6.61 Å². The van der Waals surface area contributed by atoms with Gasteiger partial charge in [-0.25, -0.2) is 0 Å². The number of benzene rings is 2. The number of ether oxygens (including phenoxy) is 1. The number of nitrogens with zero attached hydrogens (tertiary/aromatic N) is 2. The summed E-state index contributed by atoms with van der Waals surface area (Å²) in [5, 5.41) is 4.18. The lowest BCUT2D eigenvalue weighted by Gasteiger charge is -2.36. The molecule has 0 radical (unpaired) electrons. The first-order chi connectivity index (χ1) is 15.6. The third-order valence-corrected chi connectivity index (χ3v) is 6.13. The predicted octanol–water partition coefficient (Wildman–Crippen LogP) is 5.67. The molecule has 0 aliphatic carbocycles. The third-order valence-electron chi connectivity index (χ3n) is 5.33. The smallest absolute Gasteiger partial charge is 0.262 e. The van der Waals surface area contributed by atoms with Crippen molar-refractivity contribution in [3.05, 3.63) is 51.0 Å². The van der Waals surface area contributed by atoms with E-state index >= 15 is 0 Å². The van der Waals surface area contributed by atoms with Gasteiger partial charge in [-0.05, 0) is 48.7 Å². The minimum absolute atomic E-state index is 0.200. The topological polar surface area (TPSA) is 61.9 Å². The minimum atomic E-state index is -0.332. The number of nitrogens with one attached hydrogen (secondary N) is 1. The molecule has 178 valence electrons. The molecule has 3 rings (SSSR count). The average molecular weight is 513 g/mol. The van der Waals surface area contributed by atoms with Crippen LogP contribution in [0.25, 0.3) is 0 Å². The van der Waals surface area contributed by atoms with E-state index in [1.165, 1.54) is 0 Å². The van der Waals surface area contributed by atoms with Gasteiger partial charge in [0.2, 0.25) is 5.91 Å². The molecular weight excluding hydrogens is 485 g/mol. The van der Waals surface area contributed by atoms with Crippen LogP contribution < -0.4 is 15.0 Å². The Morgan fingerprint density at radius 1 is 1.03 bits per heavy atom. The summed E-state index contributed by atoms with van der Waals surface area (Å²) >= 11 is 18.6. The molecule has 2 amide bonds. The molecule has 1 fully saturated rings. The van der Waals surface area contributed by atoms with Crippen LogP contribution in [0.1, 0.15) is 25.8 Å². The van der Waals surface area contributed by atoms with Crippen LogP contribution in [0, 0.1) is 12.8 Å². The number of aryl methyl sites for hydroxylation is 1. The summed E-state index contributed by atoms with van der Waals surface area (Å²) in [6.45, 7) is 8.48. The van der Waals surface area contributed by atoms with Gasteiger partial charge in [0.05, 0.1) is 15.7 Å². The maximum Gasteiger partial charge on any atom is 0.262 e. The Balaban J connectivity index is 1.54. The molecule has 0 spiro atoms. The lowest BCUT2D eigenvalue weighted by Crippen LogP contribution is -2.49. The molecule has 0 saturated carbocycles. The van der Waals surface area contributed by atoms with Gasteiger partial charge in [-0.1, -0.05) is 48.7 Å². The number of anilines is 2. The fraction of sp³-hybridized carbons (Fsp3) is 0.417. The molecule has 0 atom stereocenters. The highest BCUT2D eigenvalue weighted by molar-refractivity contribution is 6.35. The van der Waals surface area contributed by atoms with E-state index in [0.717, 1.165) is 11.3 Å². The van der Waals surface area contributed by atoms with Crippen molar-refractivity contribution in [2.24, 2.45) is 5.92 Å². The van der Waals surface area contributed by atoms with Crippen LogP contribution >= 0.6 is 34.8 Å². The number of piperazine rings is 1. The van der Waals surface area contributed by atoms with Crippen LogP contribution in [0.15, 0.2) is 30.3 Å². The molecule has 0 aromatic heterocycles. The molecule has 1 N–H and O–H groups in total. The zero-order valence-electron chi connectivity index (χ0n) is 19.0. The van der Waals surface area contributed by atoms with Crippen molar-refractivity contribution in [3.63, 3.8) is 0 Å². The first kappa shape index (κ1) is 25.5. The molecule has 1 aliphatic heterocycles. The number of rotatable bonds is 7. The van der Waals surface area contributed by atoms with Gasteiger partial charge in [0, 0.05) is 43.3 Å². The van der Waals surface area contributed by atoms with E-state index < -0.39 is 0 Å². The van der Waals surface area contributed by atoms with Crippen LogP contribution in [0.3, 0.4) is 0 Å². The quantitative estimate of drug-likeness (QED) is 0.519. The second-order valence-corrected chi connectivity index (χ2v) is 9.75. The molecule has 9 heteroatoms. The minimum Gasteiger partial charge on any atom is -0.482 e. The second-order valence-electron chi connectivity index (χ2n) is 8.50. The Bertz CT molecular complexity index is 998. The highest BCUT2D eigenvalue weighted by Gasteiger charge is 2.23. The van der Waals surface area contributed by atoms with E-state index in [1.54, 1.807) is 24.3 Å². The van der Waals surface area contributed by atoms with E-state index in [1.807, 2.05) is 31.7 Å². The van der Waals surface area contributed by atoms with Crippen LogP contribution in [0.5, 0.6) is 5.75 Å². The summed E-state index contributed by atoms with van der Waals surface area (Å²) < 4.78 is 5.58. The maximum absolute atomic E-state index is 12.4. The van der Waals surface area contributed by atoms with Gasteiger partial charge in [-0.2, -0.15) is 0 Å². The van der Waals surface area contributed by atoms with Crippen molar-refractivity contribution >= 4 is 58.0 Å². The standard InChI is InChI=1S/C24H28Cl3N3O3/c1-15(2)10-23(32)30-8-6-29(7-9-30)21-5-4-18(13-19(21)26)28-22(31)14-33-24-16(3)11-17(25)12-20(24)27/h4-5,11-13,15H,6-10,14H2,1-3H3,(H,28,31). The SMILES string of the molecule is Cc1cc(Cl)cc(Cl)c1OCC(=O)Nc1ccc(N2CCN(C(=O)CC(C)C)CC2)c(Cl)c1. The van der Waals surface area contributed by atoms with E-state index in [4.69, 9.17) is 39.5 Å². The van der Waals surface area contributed by atoms with Crippen molar-refractivity contribution < 1.29 is 14.3 Å². The largest absolute Gasteiger partial charge is 0.482 e. The van der Waals surface area contributed by atoms with Gasteiger partial charge in [-0.3, -0.25) is 9.59 Å². The summed E-state index contributed by atoms with van der Waals surface area (Å²) in [5.41, 5.74) is 2.20. The normalized spacial score (nSPS) is 13.9. The highest BCUT2D eigenvalue weighted by Crippen LogP contribution is 2.32. The molecule has 2 aromatic carbocycles. The van der Waals surface area contributed by atoms with Crippen molar-refractivity contribution in [3.8, 4) is 5.75 Å². The second kappa shape index (κ2) is 11.3. The number of halogens is 3. The number of carbonyl (C=O) groups excluding carboxylic acids is 2. The lowest BCUT2D eigenvalue weighted by atomic mass is 10.1. The van der Waals surface area contributed by atoms with Crippen molar-refractivity contribution in [1.82, 2.24) is 4.90 Å². The Hall–Kier alpha value is -2.15. The van der Waals surface area contributed by atoms with E-state index in [0.29, 0.717) is 65.0 Å². The number of carbonyl (C=O) groups is 2. The van der Waals surface area contributed by atoms with Gasteiger partial charge in [-0.15, -0.1) is 0 Å². The number of hydrogen-bond donors (Lipinski definition) is 1. The summed E-state index contributed by atoms with van der Waals surface area (Å²) in [6.07, 6.45) is 0.572. The molecular formula is C24H28Cl3N3O3. The van der Waals surface area contributed by atoms with Gasteiger partial charge in [0.25, 0.3) is 5.91 Å². The van der Waals surface area contributed by atoms with Gasteiger partial charge >= 0.3 is 0 Å². The van der Waals surface area contributed by atoms with E-state index in [9.17, 15) is 9.59 Å². The van der Waals surface area contributed by atoms with Crippen molar-refractivity contribution in [2.75, 3.05) is 43.0 Å². The summed E-state index contributed by atoms with van der Waals surface area (Å²) in [6, 6.07) is 8.69. The average Bonchev–Trinajstić information content (AvgIpc) is 2.72. The predicted molar refractivity (Wildman–Crippen MR) is 135 cm³/mol. The van der Waals surface area contributed by atoms with Crippen LogP contribution in [-0.4, -0.2) is 49.5 Å². The number of amides is 2. The van der Waals surface area contributed by atoms with E-state index in [2.05, 4.69) is 10.2 Å². The fourth-order valence-electron chi connectivity index (χ4n) is 3.72. The Labute approximate surface area is 209 Å². The summed E-state index contributed by atoms with van der Waals surface area (Å²) in [4.78, 5) is 28.7.